The molecule has 1 aromatic carbocycles. The summed E-state index contributed by atoms with van der Waals surface area (Å²) >= 11 is 5.48. The van der Waals surface area contributed by atoms with E-state index in [2.05, 4.69) is 0 Å². The molecular weight excluding hydrogens is 244 g/mol. The molecule has 0 N–H and O–H groups in total. The number of ketones is 1. The summed E-state index contributed by atoms with van der Waals surface area (Å²) in [6.07, 6.45) is 0.197. The second-order valence-corrected chi connectivity index (χ2v) is 4.19. The van der Waals surface area contributed by atoms with Crippen molar-refractivity contribution in [2.45, 2.75) is 19.1 Å². The highest BCUT2D eigenvalue weighted by molar-refractivity contribution is 6.68. The molecule has 0 bridgehead atoms. The molecule has 1 aliphatic rings. The van der Waals surface area contributed by atoms with Crippen molar-refractivity contribution in [3.8, 4) is 5.75 Å². The fraction of sp³-hybridized carbons (Fsp3) is 0.333. The van der Waals surface area contributed by atoms with Crippen LogP contribution in [0.25, 0.3) is 0 Å². The standard InChI is InChI=1S/C12H11ClO4/c1-7(14)12(16-2)6-9-8(11(13)15)4-3-5-10(9)17-12/h3-5H,6H2,1-2H3. The van der Waals surface area contributed by atoms with E-state index in [1.165, 1.54) is 14.0 Å². The van der Waals surface area contributed by atoms with Gasteiger partial charge in [0.2, 0.25) is 5.78 Å². The summed E-state index contributed by atoms with van der Waals surface area (Å²) in [6.45, 7) is 1.39. The Morgan fingerprint density at radius 3 is 2.71 bits per heavy atom. The van der Waals surface area contributed by atoms with Crippen molar-refractivity contribution in [3.63, 3.8) is 0 Å². The Balaban J connectivity index is 2.49. The van der Waals surface area contributed by atoms with E-state index in [-0.39, 0.29) is 12.2 Å². The summed E-state index contributed by atoms with van der Waals surface area (Å²) in [7, 11) is 1.40. The maximum atomic E-state index is 11.6. The summed E-state index contributed by atoms with van der Waals surface area (Å²) in [4.78, 5) is 22.8. The largest absolute Gasteiger partial charge is 0.454 e. The minimum atomic E-state index is -1.33. The van der Waals surface area contributed by atoms with Gasteiger partial charge < -0.3 is 9.47 Å². The number of carbonyl (C=O) groups excluding carboxylic acids is 2. The zero-order valence-corrected chi connectivity index (χ0v) is 10.2. The smallest absolute Gasteiger partial charge is 0.274 e. The van der Waals surface area contributed by atoms with Gasteiger partial charge in [0.05, 0.1) is 6.42 Å². The minimum Gasteiger partial charge on any atom is -0.454 e. The lowest BCUT2D eigenvalue weighted by atomic mass is 10.0. The van der Waals surface area contributed by atoms with Crippen LogP contribution < -0.4 is 4.74 Å². The highest BCUT2D eigenvalue weighted by Crippen LogP contribution is 2.38. The van der Waals surface area contributed by atoms with Gasteiger partial charge >= 0.3 is 0 Å². The van der Waals surface area contributed by atoms with Crippen molar-refractivity contribution in [2.75, 3.05) is 7.11 Å². The van der Waals surface area contributed by atoms with Crippen molar-refractivity contribution in [1.29, 1.82) is 0 Å². The molecule has 4 nitrogen and oxygen atoms in total. The van der Waals surface area contributed by atoms with Gasteiger partial charge in [-0.1, -0.05) is 6.07 Å². The van der Waals surface area contributed by atoms with Crippen LogP contribution in [0.5, 0.6) is 5.75 Å². The molecule has 17 heavy (non-hydrogen) atoms. The fourth-order valence-corrected chi connectivity index (χ4v) is 2.11. The Morgan fingerprint density at radius 2 is 2.18 bits per heavy atom. The van der Waals surface area contributed by atoms with Crippen LogP contribution in [-0.4, -0.2) is 23.9 Å². The van der Waals surface area contributed by atoms with E-state index >= 15 is 0 Å². The first-order valence-corrected chi connectivity index (χ1v) is 5.45. The second kappa shape index (κ2) is 4.13. The fourth-order valence-electron chi connectivity index (χ4n) is 1.93. The zero-order chi connectivity index (χ0) is 12.6. The Labute approximate surface area is 103 Å². The number of fused-ring (bicyclic) bond motifs is 1. The molecule has 0 aromatic heterocycles. The summed E-state index contributed by atoms with van der Waals surface area (Å²) in [5.41, 5.74) is 0.967. The van der Waals surface area contributed by atoms with Gasteiger partial charge in [-0.15, -0.1) is 0 Å². The van der Waals surface area contributed by atoms with Gasteiger partial charge in [0.1, 0.15) is 5.75 Å². The van der Waals surface area contributed by atoms with E-state index in [4.69, 9.17) is 21.1 Å². The van der Waals surface area contributed by atoms with Gasteiger partial charge in [-0.2, -0.15) is 0 Å². The van der Waals surface area contributed by atoms with Crippen molar-refractivity contribution in [2.24, 2.45) is 0 Å². The van der Waals surface area contributed by atoms with Crippen molar-refractivity contribution < 1.29 is 19.1 Å². The van der Waals surface area contributed by atoms with Crippen molar-refractivity contribution >= 4 is 22.6 Å². The number of ether oxygens (including phenoxy) is 2. The molecule has 0 spiro atoms. The monoisotopic (exact) mass is 254 g/mol. The average molecular weight is 255 g/mol. The molecule has 0 radical (unpaired) electrons. The summed E-state index contributed by atoms with van der Waals surface area (Å²) < 4.78 is 10.7. The van der Waals surface area contributed by atoms with Gasteiger partial charge in [0.15, 0.2) is 0 Å². The number of hydrogen-bond acceptors (Lipinski definition) is 4. The average Bonchev–Trinajstić information content (AvgIpc) is 2.68. The number of methoxy groups -OCH3 is 1. The third-order valence-corrected chi connectivity index (χ3v) is 3.10. The molecule has 0 aliphatic carbocycles. The molecule has 0 amide bonds. The molecule has 0 saturated carbocycles. The van der Waals surface area contributed by atoms with Crippen molar-refractivity contribution in [3.05, 3.63) is 29.3 Å². The Kier molecular flexibility index (Phi) is 2.93. The molecule has 1 heterocycles. The van der Waals surface area contributed by atoms with E-state index in [1.54, 1.807) is 18.2 Å². The quantitative estimate of drug-likeness (QED) is 0.774. The van der Waals surface area contributed by atoms with Crippen LogP contribution in [0, 0.1) is 0 Å². The highest BCUT2D eigenvalue weighted by Gasteiger charge is 2.45. The summed E-state index contributed by atoms with van der Waals surface area (Å²) in [5.74, 6) is -1.11. The molecule has 0 saturated heterocycles. The van der Waals surface area contributed by atoms with Crippen LogP contribution in [-0.2, 0) is 16.0 Å². The van der Waals surface area contributed by atoms with Gasteiger partial charge in [0.25, 0.3) is 11.0 Å². The van der Waals surface area contributed by atoms with Gasteiger partial charge in [-0.3, -0.25) is 9.59 Å². The van der Waals surface area contributed by atoms with E-state index < -0.39 is 11.0 Å². The highest BCUT2D eigenvalue weighted by atomic mass is 35.5. The lowest BCUT2D eigenvalue weighted by Crippen LogP contribution is -2.43. The predicted molar refractivity (Wildman–Crippen MR) is 61.4 cm³/mol. The minimum absolute atomic E-state index is 0.197. The molecule has 1 aromatic rings. The van der Waals surface area contributed by atoms with Gasteiger partial charge in [0, 0.05) is 25.2 Å². The molecule has 1 unspecified atom stereocenters. The second-order valence-electron chi connectivity index (χ2n) is 3.85. The topological polar surface area (TPSA) is 52.6 Å². The lowest BCUT2D eigenvalue weighted by Gasteiger charge is -2.23. The number of benzene rings is 1. The van der Waals surface area contributed by atoms with Crippen LogP contribution in [0.15, 0.2) is 18.2 Å². The maximum Gasteiger partial charge on any atom is 0.274 e. The van der Waals surface area contributed by atoms with Crippen LogP contribution in [0.4, 0.5) is 0 Å². The molecule has 0 fully saturated rings. The Morgan fingerprint density at radius 1 is 1.47 bits per heavy atom. The number of Topliss-reactive ketones (excluding diaryl/α,β-unsaturated/α-hetero) is 1. The molecule has 5 heteroatoms. The molecule has 2 rings (SSSR count). The normalized spacial score (nSPS) is 21.8. The zero-order valence-electron chi connectivity index (χ0n) is 9.45. The number of halogens is 1. The summed E-state index contributed by atoms with van der Waals surface area (Å²) in [6, 6.07) is 4.94. The first-order valence-electron chi connectivity index (χ1n) is 5.07. The first-order chi connectivity index (χ1) is 8.00. The number of carbonyl (C=O) groups is 2. The Hall–Kier alpha value is -1.39. The van der Waals surface area contributed by atoms with E-state index in [1.807, 2.05) is 0 Å². The van der Waals surface area contributed by atoms with Crippen LogP contribution in [0.3, 0.4) is 0 Å². The Bertz CT molecular complexity index is 497. The van der Waals surface area contributed by atoms with Gasteiger partial charge in [-0.25, -0.2) is 0 Å². The third-order valence-electron chi connectivity index (χ3n) is 2.90. The van der Waals surface area contributed by atoms with Crippen LogP contribution >= 0.6 is 11.6 Å². The third kappa shape index (κ3) is 1.83. The number of rotatable bonds is 3. The van der Waals surface area contributed by atoms with Crippen LogP contribution in [0.2, 0.25) is 0 Å². The van der Waals surface area contributed by atoms with Gasteiger partial charge in [-0.05, 0) is 23.7 Å². The lowest BCUT2D eigenvalue weighted by molar-refractivity contribution is -0.174. The van der Waals surface area contributed by atoms with E-state index in [0.29, 0.717) is 16.9 Å². The number of hydrogen-bond donors (Lipinski definition) is 0. The first kappa shape index (κ1) is 12.1. The predicted octanol–water partition coefficient (Wildman–Crippen LogP) is 1.93. The summed E-state index contributed by atoms with van der Waals surface area (Å²) in [5, 5.41) is -0.569. The van der Waals surface area contributed by atoms with E-state index in [0.717, 1.165) is 0 Å². The van der Waals surface area contributed by atoms with E-state index in [9.17, 15) is 9.59 Å². The molecule has 1 atom stereocenters. The van der Waals surface area contributed by atoms with Crippen LogP contribution in [0.1, 0.15) is 22.8 Å². The maximum absolute atomic E-state index is 11.6. The molecular formula is C12H11ClO4. The molecule has 1 aliphatic heterocycles. The van der Waals surface area contributed by atoms with Crippen molar-refractivity contribution in [1.82, 2.24) is 0 Å². The SMILES string of the molecule is COC1(C(C)=O)Cc2c(cccc2C(=O)Cl)O1. The molecule has 90 valence electrons.